The van der Waals surface area contributed by atoms with Gasteiger partial charge >= 0.3 is 0 Å². The van der Waals surface area contributed by atoms with Gasteiger partial charge in [0.1, 0.15) is 11.5 Å². The zero-order valence-corrected chi connectivity index (χ0v) is 14.2. The van der Waals surface area contributed by atoms with Gasteiger partial charge in [-0.15, -0.1) is 0 Å². The number of carbonyl (C=O) groups is 2. The molecule has 2 heterocycles. The average molecular weight is 352 g/mol. The fourth-order valence-electron chi connectivity index (χ4n) is 3.13. The third-order valence-corrected chi connectivity index (χ3v) is 4.40. The van der Waals surface area contributed by atoms with Crippen molar-refractivity contribution < 1.29 is 19.1 Å². The summed E-state index contributed by atoms with van der Waals surface area (Å²) in [6, 6.07) is 12.4. The van der Waals surface area contributed by atoms with Gasteiger partial charge in [0, 0.05) is 18.2 Å². The van der Waals surface area contributed by atoms with Crippen LogP contribution in [0.3, 0.4) is 0 Å². The lowest BCUT2D eigenvalue weighted by Crippen LogP contribution is -2.39. The molecule has 0 saturated carbocycles. The normalized spacial score (nSPS) is 21.3. The number of para-hydroxylation sites is 1. The zero-order chi connectivity index (χ0) is 18.3. The maximum absolute atomic E-state index is 13.0. The van der Waals surface area contributed by atoms with Gasteiger partial charge in [0.2, 0.25) is 0 Å². The SMILES string of the molecule is COc1cc(OC)cc(N2C(=O)[C@@H]3[C@@H](N=NN3c3ccccc3)C2=O)c1. The molecule has 0 radical (unpaired) electrons. The highest BCUT2D eigenvalue weighted by atomic mass is 16.5. The monoisotopic (exact) mass is 352 g/mol. The number of ether oxygens (including phenoxy) is 2. The van der Waals surface area contributed by atoms with Crippen LogP contribution in [0.5, 0.6) is 11.5 Å². The average Bonchev–Trinajstić information content (AvgIpc) is 3.22. The molecule has 1 fully saturated rings. The molecule has 8 nitrogen and oxygen atoms in total. The third-order valence-electron chi connectivity index (χ3n) is 4.40. The van der Waals surface area contributed by atoms with E-state index >= 15 is 0 Å². The number of fused-ring (bicyclic) bond motifs is 1. The lowest BCUT2D eigenvalue weighted by atomic mass is 10.1. The molecule has 0 aromatic heterocycles. The quantitative estimate of drug-likeness (QED) is 0.788. The van der Waals surface area contributed by atoms with E-state index in [1.54, 1.807) is 18.2 Å². The Kier molecular flexibility index (Phi) is 3.80. The molecule has 2 aromatic rings. The van der Waals surface area contributed by atoms with Crippen molar-refractivity contribution in [1.29, 1.82) is 0 Å². The third kappa shape index (κ3) is 2.38. The molecule has 2 aliphatic rings. The fraction of sp³-hybridized carbons (Fsp3) is 0.222. The van der Waals surface area contributed by atoms with Crippen LogP contribution in [0.2, 0.25) is 0 Å². The van der Waals surface area contributed by atoms with Gasteiger partial charge in [0.05, 0.1) is 25.6 Å². The van der Waals surface area contributed by atoms with Crippen LogP contribution in [-0.2, 0) is 9.59 Å². The molecule has 0 unspecified atom stereocenters. The molecule has 8 heteroatoms. The van der Waals surface area contributed by atoms with Crippen LogP contribution in [0.4, 0.5) is 11.4 Å². The number of hydrogen-bond donors (Lipinski definition) is 0. The number of anilines is 2. The van der Waals surface area contributed by atoms with Gasteiger partial charge in [-0.3, -0.25) is 9.59 Å². The Hall–Kier alpha value is -3.42. The van der Waals surface area contributed by atoms with Crippen molar-refractivity contribution in [2.75, 3.05) is 24.1 Å². The van der Waals surface area contributed by atoms with E-state index in [1.807, 2.05) is 30.3 Å². The summed E-state index contributed by atoms with van der Waals surface area (Å²) in [6.07, 6.45) is 0. The van der Waals surface area contributed by atoms with Crippen molar-refractivity contribution in [2.24, 2.45) is 10.3 Å². The summed E-state index contributed by atoms with van der Waals surface area (Å²) in [7, 11) is 3.01. The van der Waals surface area contributed by atoms with Crippen LogP contribution in [0.1, 0.15) is 0 Å². The number of imide groups is 1. The van der Waals surface area contributed by atoms with Gasteiger partial charge < -0.3 is 9.47 Å². The minimum Gasteiger partial charge on any atom is -0.497 e. The van der Waals surface area contributed by atoms with Crippen molar-refractivity contribution in [3.05, 3.63) is 48.5 Å². The first-order chi connectivity index (χ1) is 12.6. The molecule has 4 rings (SSSR count). The van der Waals surface area contributed by atoms with Gasteiger partial charge in [0.25, 0.3) is 11.8 Å². The topological polar surface area (TPSA) is 83.8 Å². The maximum Gasteiger partial charge on any atom is 0.263 e. The maximum atomic E-state index is 13.0. The van der Waals surface area contributed by atoms with E-state index in [2.05, 4.69) is 10.3 Å². The highest BCUT2D eigenvalue weighted by molar-refractivity contribution is 6.26. The van der Waals surface area contributed by atoms with Crippen molar-refractivity contribution in [3.63, 3.8) is 0 Å². The van der Waals surface area contributed by atoms with E-state index < -0.39 is 18.0 Å². The van der Waals surface area contributed by atoms with Gasteiger partial charge in [-0.1, -0.05) is 23.4 Å². The number of nitrogens with zero attached hydrogens (tertiary/aromatic N) is 4. The smallest absolute Gasteiger partial charge is 0.263 e. The Morgan fingerprint density at radius 1 is 0.885 bits per heavy atom. The number of rotatable bonds is 4. The summed E-state index contributed by atoms with van der Waals surface area (Å²) in [6.45, 7) is 0. The number of carbonyl (C=O) groups excluding carboxylic acids is 2. The van der Waals surface area contributed by atoms with Gasteiger partial charge in [-0.2, -0.15) is 5.11 Å². The molecule has 2 atom stereocenters. The second-order valence-electron chi connectivity index (χ2n) is 5.86. The fourth-order valence-corrected chi connectivity index (χ4v) is 3.13. The molecule has 0 spiro atoms. The Balaban J connectivity index is 1.72. The number of methoxy groups -OCH3 is 2. The molecule has 0 aliphatic carbocycles. The molecule has 26 heavy (non-hydrogen) atoms. The first kappa shape index (κ1) is 16.1. The van der Waals surface area contributed by atoms with Crippen molar-refractivity contribution in [2.45, 2.75) is 12.1 Å². The molecular formula is C18H16N4O4. The highest BCUT2D eigenvalue weighted by Crippen LogP contribution is 2.37. The number of amides is 2. The highest BCUT2D eigenvalue weighted by Gasteiger charge is 2.55. The second-order valence-corrected chi connectivity index (χ2v) is 5.86. The molecule has 1 saturated heterocycles. The van der Waals surface area contributed by atoms with E-state index in [0.717, 1.165) is 4.90 Å². The van der Waals surface area contributed by atoms with Gasteiger partial charge in [-0.25, -0.2) is 9.91 Å². The van der Waals surface area contributed by atoms with Crippen LogP contribution in [-0.4, -0.2) is 38.1 Å². The zero-order valence-electron chi connectivity index (χ0n) is 14.2. The summed E-state index contributed by atoms with van der Waals surface area (Å²) in [5.41, 5.74) is 1.09. The van der Waals surface area contributed by atoms with Crippen LogP contribution >= 0.6 is 0 Å². The predicted octanol–water partition coefficient (Wildman–Crippen LogP) is 2.20. The van der Waals surface area contributed by atoms with Crippen LogP contribution in [0.15, 0.2) is 58.9 Å². The minimum absolute atomic E-state index is 0.383. The molecule has 2 aliphatic heterocycles. The minimum atomic E-state index is -0.861. The number of benzene rings is 2. The van der Waals surface area contributed by atoms with Crippen molar-refractivity contribution in [3.8, 4) is 11.5 Å². The van der Waals surface area contributed by atoms with Crippen LogP contribution in [0.25, 0.3) is 0 Å². The Labute approximate surface area is 149 Å². The van der Waals surface area contributed by atoms with E-state index in [0.29, 0.717) is 22.9 Å². The van der Waals surface area contributed by atoms with Crippen molar-refractivity contribution in [1.82, 2.24) is 0 Å². The predicted molar refractivity (Wildman–Crippen MR) is 93.4 cm³/mol. The molecule has 0 N–H and O–H groups in total. The first-order valence-electron chi connectivity index (χ1n) is 8.00. The number of hydrogen-bond acceptors (Lipinski definition) is 7. The van der Waals surface area contributed by atoms with E-state index in [4.69, 9.17) is 9.47 Å². The standard InChI is InChI=1S/C18H16N4O4/c1-25-13-8-12(9-14(10-13)26-2)21-17(23)15-16(18(21)24)22(20-19-15)11-6-4-3-5-7-11/h3-10,15-16H,1-2H3/t15-,16+/m1/s1. The Bertz CT molecular complexity index is 877. The van der Waals surface area contributed by atoms with Crippen LogP contribution < -0.4 is 19.4 Å². The van der Waals surface area contributed by atoms with Gasteiger partial charge in [0.15, 0.2) is 12.1 Å². The Morgan fingerprint density at radius 2 is 1.54 bits per heavy atom. The molecule has 2 amide bonds. The summed E-state index contributed by atoms with van der Waals surface area (Å²) in [4.78, 5) is 27.0. The summed E-state index contributed by atoms with van der Waals surface area (Å²) in [5.74, 6) is 0.166. The lowest BCUT2D eigenvalue weighted by Gasteiger charge is -2.21. The molecule has 132 valence electrons. The Morgan fingerprint density at radius 3 is 2.15 bits per heavy atom. The molecular weight excluding hydrogens is 336 g/mol. The van der Waals surface area contributed by atoms with E-state index in [1.165, 1.54) is 19.2 Å². The lowest BCUT2D eigenvalue weighted by molar-refractivity contribution is -0.121. The van der Waals surface area contributed by atoms with Crippen molar-refractivity contribution >= 4 is 23.2 Å². The van der Waals surface area contributed by atoms with Gasteiger partial charge in [-0.05, 0) is 12.1 Å². The second kappa shape index (κ2) is 6.14. The van der Waals surface area contributed by atoms with E-state index in [9.17, 15) is 9.59 Å². The van der Waals surface area contributed by atoms with Crippen LogP contribution in [0, 0.1) is 0 Å². The first-order valence-corrected chi connectivity index (χ1v) is 8.00. The summed E-state index contributed by atoms with van der Waals surface area (Å²) >= 11 is 0. The summed E-state index contributed by atoms with van der Waals surface area (Å²) in [5, 5.41) is 9.54. The summed E-state index contributed by atoms with van der Waals surface area (Å²) < 4.78 is 10.5. The molecule has 0 bridgehead atoms. The largest absolute Gasteiger partial charge is 0.497 e. The van der Waals surface area contributed by atoms with E-state index in [-0.39, 0.29) is 5.91 Å². The molecule has 2 aromatic carbocycles.